The van der Waals surface area contributed by atoms with Gasteiger partial charge in [0, 0.05) is 6.54 Å². The Bertz CT molecular complexity index is 688. The molecule has 0 aliphatic carbocycles. The Labute approximate surface area is 117 Å². The fraction of sp³-hybridized carbons (Fsp3) is 0.250. The number of nitrogens with one attached hydrogen (secondary N) is 1. The van der Waals surface area contributed by atoms with E-state index in [9.17, 15) is 8.42 Å². The van der Waals surface area contributed by atoms with Crippen LogP contribution in [-0.2, 0) is 23.0 Å². The van der Waals surface area contributed by atoms with Crippen molar-refractivity contribution in [2.45, 2.75) is 24.8 Å². The summed E-state index contributed by atoms with van der Waals surface area (Å²) in [5.74, 6) is -0.0623. The van der Waals surface area contributed by atoms with Gasteiger partial charge in [-0.25, -0.2) is 18.1 Å². The molecule has 2 rings (SSSR count). The summed E-state index contributed by atoms with van der Waals surface area (Å²) in [7, 11) is -3.76. The molecule has 3 N–H and O–H groups in total. The second-order valence-corrected chi connectivity index (χ2v) is 5.72. The van der Waals surface area contributed by atoms with Gasteiger partial charge in [-0.05, 0) is 23.6 Å². The van der Waals surface area contributed by atoms with Gasteiger partial charge in [0.15, 0.2) is 0 Å². The van der Waals surface area contributed by atoms with E-state index >= 15 is 0 Å². The first-order valence-corrected chi connectivity index (χ1v) is 7.53. The van der Waals surface area contributed by atoms with Gasteiger partial charge in [0.2, 0.25) is 0 Å². The van der Waals surface area contributed by atoms with Crippen molar-refractivity contribution >= 4 is 16.0 Å². The third-order valence-electron chi connectivity index (χ3n) is 2.75. The molecule has 0 amide bonds. The monoisotopic (exact) mass is 293 g/mol. The fourth-order valence-corrected chi connectivity index (χ4v) is 3.05. The zero-order valence-corrected chi connectivity index (χ0v) is 11.8. The minimum Gasteiger partial charge on any atom is -0.326 e. The van der Waals surface area contributed by atoms with Crippen molar-refractivity contribution in [2.75, 3.05) is 4.72 Å². The number of hydrogen-bond acceptors (Lipinski definition) is 6. The lowest BCUT2D eigenvalue weighted by molar-refractivity contribution is 0.599. The molecule has 0 saturated carbocycles. The molecule has 106 valence electrons. The maximum Gasteiger partial charge on any atom is 0.264 e. The third kappa shape index (κ3) is 3.09. The molecule has 0 aliphatic heterocycles. The maximum absolute atomic E-state index is 12.4. The molecule has 0 atom stereocenters. The average Bonchev–Trinajstić information content (AvgIpc) is 2.47. The molecule has 0 radical (unpaired) electrons. The van der Waals surface area contributed by atoms with Gasteiger partial charge >= 0.3 is 0 Å². The molecule has 7 nitrogen and oxygen atoms in total. The lowest BCUT2D eigenvalue weighted by atomic mass is 10.1. The van der Waals surface area contributed by atoms with E-state index in [1.807, 2.05) is 13.0 Å². The van der Waals surface area contributed by atoms with Gasteiger partial charge in [-0.3, -0.25) is 0 Å². The average molecular weight is 293 g/mol. The van der Waals surface area contributed by atoms with E-state index in [4.69, 9.17) is 5.73 Å². The summed E-state index contributed by atoms with van der Waals surface area (Å²) in [5.41, 5.74) is 7.01. The standard InChI is InChI=1S/C12H15N5O2S/c1-2-10-4-3-9(8-13)7-11(10)20(18,19)17-12-14-5-6-15-16-12/h3-7H,2,8,13H2,1H3,(H,14,16,17). The Balaban J connectivity index is 2.43. The molecule has 1 aromatic heterocycles. The SMILES string of the molecule is CCc1ccc(CN)cc1S(=O)(=O)Nc1nccnn1. The summed E-state index contributed by atoms with van der Waals surface area (Å²) >= 11 is 0. The van der Waals surface area contributed by atoms with Crippen molar-refractivity contribution in [2.24, 2.45) is 5.73 Å². The van der Waals surface area contributed by atoms with Crippen LogP contribution in [0.4, 0.5) is 5.95 Å². The van der Waals surface area contributed by atoms with E-state index in [1.165, 1.54) is 12.4 Å². The first-order chi connectivity index (χ1) is 9.56. The predicted octanol–water partition coefficient (Wildman–Crippen LogP) is 0.693. The number of rotatable bonds is 5. The highest BCUT2D eigenvalue weighted by Gasteiger charge is 2.19. The van der Waals surface area contributed by atoms with Crippen molar-refractivity contribution in [1.29, 1.82) is 0 Å². The molecule has 8 heteroatoms. The normalized spacial score (nSPS) is 11.3. The molecule has 0 saturated heterocycles. The minimum absolute atomic E-state index is 0.0623. The van der Waals surface area contributed by atoms with Crippen molar-refractivity contribution in [3.05, 3.63) is 41.7 Å². The topological polar surface area (TPSA) is 111 Å². The Morgan fingerprint density at radius 1 is 1.30 bits per heavy atom. The third-order valence-corrected chi connectivity index (χ3v) is 4.16. The predicted molar refractivity (Wildman–Crippen MR) is 74.3 cm³/mol. The number of aromatic nitrogens is 3. The molecule has 20 heavy (non-hydrogen) atoms. The quantitative estimate of drug-likeness (QED) is 0.839. The van der Waals surface area contributed by atoms with Gasteiger partial charge in [-0.15, -0.1) is 5.10 Å². The largest absolute Gasteiger partial charge is 0.326 e. The maximum atomic E-state index is 12.4. The lowest BCUT2D eigenvalue weighted by Crippen LogP contribution is -2.17. The van der Waals surface area contributed by atoms with Gasteiger partial charge in [-0.2, -0.15) is 5.10 Å². The zero-order valence-electron chi connectivity index (χ0n) is 10.9. The molecular weight excluding hydrogens is 278 g/mol. The van der Waals surface area contributed by atoms with Crippen LogP contribution in [0.3, 0.4) is 0 Å². The number of aryl methyl sites for hydroxylation is 1. The molecule has 0 unspecified atom stereocenters. The summed E-state index contributed by atoms with van der Waals surface area (Å²) in [6.45, 7) is 2.16. The number of benzene rings is 1. The highest BCUT2D eigenvalue weighted by Crippen LogP contribution is 2.20. The van der Waals surface area contributed by atoms with Crippen LogP contribution in [0.25, 0.3) is 0 Å². The Hall–Kier alpha value is -2.06. The van der Waals surface area contributed by atoms with E-state index in [0.29, 0.717) is 12.0 Å². The van der Waals surface area contributed by atoms with Crippen molar-refractivity contribution < 1.29 is 8.42 Å². The highest BCUT2D eigenvalue weighted by atomic mass is 32.2. The number of sulfonamides is 1. The molecule has 1 aromatic carbocycles. The molecule has 0 bridgehead atoms. The first kappa shape index (κ1) is 14.4. The number of nitrogens with two attached hydrogens (primary N) is 1. The van der Waals surface area contributed by atoms with Crippen molar-refractivity contribution in [1.82, 2.24) is 15.2 Å². The lowest BCUT2D eigenvalue weighted by Gasteiger charge is -2.11. The van der Waals surface area contributed by atoms with Crippen LogP contribution in [0.2, 0.25) is 0 Å². The van der Waals surface area contributed by atoms with Crippen LogP contribution in [-0.4, -0.2) is 23.6 Å². The Morgan fingerprint density at radius 3 is 2.70 bits per heavy atom. The molecule has 0 aliphatic rings. The van der Waals surface area contributed by atoms with E-state index in [2.05, 4.69) is 19.9 Å². The molecular formula is C12H15N5O2S. The first-order valence-electron chi connectivity index (χ1n) is 6.05. The smallest absolute Gasteiger partial charge is 0.264 e. The number of anilines is 1. The van der Waals surface area contributed by atoms with Gasteiger partial charge in [-0.1, -0.05) is 19.1 Å². The number of nitrogens with zero attached hydrogens (tertiary/aromatic N) is 3. The second-order valence-electron chi connectivity index (χ2n) is 4.07. The van der Waals surface area contributed by atoms with Gasteiger partial charge in [0.05, 0.1) is 17.3 Å². The number of hydrogen-bond donors (Lipinski definition) is 2. The Kier molecular flexibility index (Phi) is 4.26. The summed E-state index contributed by atoms with van der Waals surface area (Å²) < 4.78 is 27.1. The van der Waals surface area contributed by atoms with E-state index < -0.39 is 10.0 Å². The highest BCUT2D eigenvalue weighted by molar-refractivity contribution is 7.92. The summed E-state index contributed by atoms with van der Waals surface area (Å²) in [6.07, 6.45) is 3.32. The van der Waals surface area contributed by atoms with Crippen LogP contribution in [0.5, 0.6) is 0 Å². The Morgan fingerprint density at radius 2 is 2.10 bits per heavy atom. The van der Waals surface area contributed by atoms with E-state index in [1.54, 1.807) is 12.1 Å². The van der Waals surface area contributed by atoms with Gasteiger partial charge < -0.3 is 5.73 Å². The van der Waals surface area contributed by atoms with E-state index in [0.717, 1.165) is 5.56 Å². The van der Waals surface area contributed by atoms with Crippen LogP contribution in [0.15, 0.2) is 35.5 Å². The fourth-order valence-electron chi connectivity index (χ4n) is 1.74. The van der Waals surface area contributed by atoms with Gasteiger partial charge in [0.1, 0.15) is 0 Å². The summed E-state index contributed by atoms with van der Waals surface area (Å²) in [6, 6.07) is 5.15. The molecule has 1 heterocycles. The summed E-state index contributed by atoms with van der Waals surface area (Å²) in [5, 5.41) is 7.19. The summed E-state index contributed by atoms with van der Waals surface area (Å²) in [4.78, 5) is 3.99. The molecule has 0 spiro atoms. The second kappa shape index (κ2) is 5.93. The zero-order chi connectivity index (χ0) is 14.6. The van der Waals surface area contributed by atoms with Crippen molar-refractivity contribution in [3.63, 3.8) is 0 Å². The molecule has 2 aromatic rings. The van der Waals surface area contributed by atoms with Crippen LogP contribution in [0, 0.1) is 0 Å². The van der Waals surface area contributed by atoms with Crippen LogP contribution < -0.4 is 10.5 Å². The van der Waals surface area contributed by atoms with Crippen LogP contribution in [0.1, 0.15) is 18.1 Å². The van der Waals surface area contributed by atoms with Crippen molar-refractivity contribution in [3.8, 4) is 0 Å². The van der Waals surface area contributed by atoms with Crippen LogP contribution >= 0.6 is 0 Å². The molecule has 0 fully saturated rings. The van der Waals surface area contributed by atoms with Gasteiger partial charge in [0.25, 0.3) is 16.0 Å². The van der Waals surface area contributed by atoms with E-state index in [-0.39, 0.29) is 17.4 Å². The minimum atomic E-state index is -3.76.